The van der Waals surface area contributed by atoms with Crippen molar-refractivity contribution in [1.29, 1.82) is 0 Å². The first-order chi connectivity index (χ1) is 13.4. The van der Waals surface area contributed by atoms with Crippen LogP contribution in [-0.2, 0) is 61.4 Å². The van der Waals surface area contributed by atoms with E-state index in [2.05, 4.69) is 13.6 Å². The van der Waals surface area contributed by atoms with Crippen LogP contribution < -0.4 is 29.4 Å². The van der Waals surface area contributed by atoms with Gasteiger partial charge in [-0.2, -0.15) is 0 Å². The van der Waals surface area contributed by atoms with Crippen molar-refractivity contribution < 1.29 is 121 Å². The summed E-state index contributed by atoms with van der Waals surface area (Å²) in [5.41, 5.74) is 0. The molecule has 0 aromatic heterocycles. The van der Waals surface area contributed by atoms with Gasteiger partial charge in [0.25, 0.3) is 0 Å². The molecule has 0 aliphatic rings. The zero-order valence-electron chi connectivity index (χ0n) is 15.6. The average molecular weight is 622 g/mol. The second kappa shape index (κ2) is 22.6. The number of aliphatic hydroxyl groups is 6. The van der Waals surface area contributed by atoms with Crippen molar-refractivity contribution >= 4 is 23.5 Å². The Morgan fingerprint density at radius 2 is 0.688 bits per heavy atom. The van der Waals surface area contributed by atoms with E-state index in [1.165, 1.54) is 0 Å². The van der Waals surface area contributed by atoms with Gasteiger partial charge in [0.05, 0.1) is 63.1 Å². The summed E-state index contributed by atoms with van der Waals surface area (Å²) in [4.78, 5) is 58.3. The fourth-order valence-corrected chi connectivity index (χ4v) is 1.75. The Bertz CT molecular complexity index is 474. The SMILES string of the molecule is O=P([O-])([O-])OCC(O)CO.O=P([O-])([O-])OCC(O)CO.O=P([O-])([O-])OCC(O)CO.[Fe+3].[Fe+3]. The second-order valence-corrected chi connectivity index (χ2v) is 8.20. The standard InChI is InChI=1S/3C3H9O6P.2Fe/c3*4-1-3(5)2-9-10(6,7)8;;/h3*3-5H,1-2H2,(H2,6,7,8);;/q;;;2*+3/p-6. The summed E-state index contributed by atoms with van der Waals surface area (Å²) in [6, 6.07) is 0. The van der Waals surface area contributed by atoms with Crippen molar-refractivity contribution in [2.75, 3.05) is 39.6 Å². The predicted octanol–water partition coefficient (Wildman–Crippen LogP) is -8.45. The minimum atomic E-state index is -5.00. The van der Waals surface area contributed by atoms with Crippen LogP contribution >= 0.6 is 23.5 Å². The molecule has 0 saturated carbocycles. The van der Waals surface area contributed by atoms with E-state index >= 15 is 0 Å². The van der Waals surface area contributed by atoms with Crippen LogP contribution in [0.1, 0.15) is 0 Å². The Kier molecular flexibility index (Phi) is 30.5. The van der Waals surface area contributed by atoms with Gasteiger partial charge in [-0.25, -0.2) is 0 Å². The van der Waals surface area contributed by atoms with E-state index < -0.39 is 81.4 Å². The molecule has 0 fully saturated rings. The normalized spacial score (nSPS) is 14.2. The number of hydrogen-bond donors (Lipinski definition) is 6. The summed E-state index contributed by atoms with van der Waals surface area (Å²) in [6.45, 7) is -4.00. The number of phosphoric ester groups is 3. The minimum absolute atomic E-state index is 0. The van der Waals surface area contributed by atoms with E-state index in [1.54, 1.807) is 0 Å². The Balaban J connectivity index is -0.000000110. The van der Waals surface area contributed by atoms with Crippen molar-refractivity contribution in [3.8, 4) is 0 Å². The van der Waals surface area contributed by atoms with E-state index in [1.807, 2.05) is 0 Å². The minimum Gasteiger partial charge on any atom is -0.790 e. The third-order valence-electron chi connectivity index (χ3n) is 1.91. The molecule has 2 radical (unpaired) electrons. The van der Waals surface area contributed by atoms with Gasteiger partial charge in [0.1, 0.15) is 18.3 Å². The molecule has 196 valence electrons. The van der Waals surface area contributed by atoms with Crippen LogP contribution in [0.2, 0.25) is 0 Å². The molecule has 3 unspecified atom stereocenters. The maximum Gasteiger partial charge on any atom is 3.00 e. The van der Waals surface area contributed by atoms with Gasteiger partial charge in [-0.1, -0.05) is 0 Å². The van der Waals surface area contributed by atoms with Crippen LogP contribution in [-0.4, -0.2) is 88.6 Å². The summed E-state index contributed by atoms with van der Waals surface area (Å²) in [5, 5.41) is 49.7. The van der Waals surface area contributed by atoms with Crippen LogP contribution in [0.3, 0.4) is 0 Å². The van der Waals surface area contributed by atoms with Crippen LogP contribution in [0.5, 0.6) is 0 Å². The molecule has 23 heteroatoms. The van der Waals surface area contributed by atoms with E-state index in [0.717, 1.165) is 0 Å². The zero-order valence-corrected chi connectivity index (χ0v) is 20.5. The van der Waals surface area contributed by atoms with Crippen molar-refractivity contribution in [3.05, 3.63) is 0 Å². The Morgan fingerprint density at radius 3 is 0.781 bits per heavy atom. The Morgan fingerprint density at radius 1 is 0.531 bits per heavy atom. The Labute approximate surface area is 202 Å². The molecule has 0 amide bonds. The first kappa shape index (κ1) is 43.2. The monoisotopic (exact) mass is 622 g/mol. The van der Waals surface area contributed by atoms with Gasteiger partial charge in [0.2, 0.25) is 0 Å². The van der Waals surface area contributed by atoms with Gasteiger partial charge in [-0.05, 0) is 0 Å². The average Bonchev–Trinajstić information content (AvgIpc) is 2.61. The third-order valence-corrected chi connectivity index (χ3v) is 3.30. The largest absolute Gasteiger partial charge is 3.00 e. The van der Waals surface area contributed by atoms with Gasteiger partial charge < -0.3 is 87.3 Å². The molecule has 18 nitrogen and oxygen atoms in total. The summed E-state index contributed by atoms with van der Waals surface area (Å²) < 4.78 is 40.0. The van der Waals surface area contributed by atoms with Crippen molar-refractivity contribution in [1.82, 2.24) is 0 Å². The van der Waals surface area contributed by atoms with E-state index in [-0.39, 0.29) is 34.1 Å². The second-order valence-electron chi connectivity index (χ2n) is 4.74. The van der Waals surface area contributed by atoms with E-state index in [0.29, 0.717) is 0 Å². The number of phosphoric acid groups is 3. The molecule has 0 aromatic carbocycles. The fourth-order valence-electron chi connectivity index (χ4n) is 0.690. The molecule has 0 aromatic rings. The van der Waals surface area contributed by atoms with Gasteiger partial charge in [0.15, 0.2) is 0 Å². The molecular weight excluding hydrogens is 601 g/mol. The molecule has 0 bridgehead atoms. The molecule has 0 saturated heterocycles. The molecular formula is C9H21Fe2O18P3. The summed E-state index contributed by atoms with van der Waals surface area (Å²) >= 11 is 0. The quantitative estimate of drug-likeness (QED) is 0.0869. The van der Waals surface area contributed by atoms with E-state index in [4.69, 9.17) is 30.6 Å². The Hall–Kier alpha value is 1.13. The summed E-state index contributed by atoms with van der Waals surface area (Å²) in [6.07, 6.45) is -3.97. The van der Waals surface area contributed by atoms with Crippen LogP contribution in [0.4, 0.5) is 0 Å². The van der Waals surface area contributed by atoms with Gasteiger partial charge in [-0.15, -0.1) is 0 Å². The molecule has 3 atom stereocenters. The molecule has 0 aliphatic carbocycles. The first-order valence-electron chi connectivity index (χ1n) is 7.23. The number of rotatable bonds is 12. The van der Waals surface area contributed by atoms with Gasteiger partial charge in [-0.3, -0.25) is 0 Å². The molecule has 0 heterocycles. The molecule has 0 spiro atoms. The number of hydrogen-bond acceptors (Lipinski definition) is 18. The van der Waals surface area contributed by atoms with Crippen LogP contribution in [0, 0.1) is 0 Å². The smallest absolute Gasteiger partial charge is 0.790 e. The van der Waals surface area contributed by atoms with E-state index in [9.17, 15) is 43.1 Å². The maximum absolute atomic E-state index is 9.71. The molecule has 0 rings (SSSR count). The first-order valence-corrected chi connectivity index (χ1v) is 11.6. The van der Waals surface area contributed by atoms with Gasteiger partial charge in [0, 0.05) is 0 Å². The van der Waals surface area contributed by atoms with Crippen LogP contribution in [0.25, 0.3) is 0 Å². The molecule has 32 heavy (non-hydrogen) atoms. The van der Waals surface area contributed by atoms with Crippen molar-refractivity contribution in [3.63, 3.8) is 0 Å². The predicted molar refractivity (Wildman–Crippen MR) is 80.0 cm³/mol. The molecule has 0 aliphatic heterocycles. The molecule has 6 N–H and O–H groups in total. The summed E-state index contributed by atoms with van der Waals surface area (Å²) in [5.74, 6) is 0. The van der Waals surface area contributed by atoms with Crippen molar-refractivity contribution in [2.24, 2.45) is 0 Å². The number of aliphatic hydroxyl groups excluding tert-OH is 6. The zero-order chi connectivity index (χ0) is 24.6. The third kappa shape index (κ3) is 44.7. The van der Waals surface area contributed by atoms with Crippen LogP contribution in [0.15, 0.2) is 0 Å². The fraction of sp³-hybridized carbons (Fsp3) is 1.00. The maximum atomic E-state index is 9.71. The van der Waals surface area contributed by atoms with Gasteiger partial charge >= 0.3 is 34.1 Å². The summed E-state index contributed by atoms with van der Waals surface area (Å²) in [7, 11) is -15.0. The van der Waals surface area contributed by atoms with Crippen molar-refractivity contribution in [2.45, 2.75) is 18.3 Å². The topological polar surface area (TPSA) is 339 Å².